The van der Waals surface area contributed by atoms with Crippen LogP contribution in [0.4, 0.5) is 5.69 Å². The minimum absolute atomic E-state index is 0.0852. The minimum Gasteiger partial charge on any atom is -0.452 e. The maximum atomic E-state index is 12.5. The Bertz CT molecular complexity index is 755. The fourth-order valence-corrected chi connectivity index (χ4v) is 2.64. The maximum absolute atomic E-state index is 12.5. The number of carbonyl (C=O) groups is 2. The average molecular weight is 315 g/mol. The first kappa shape index (κ1) is 15.2. The molecule has 0 saturated heterocycles. The number of rotatable bonds is 3. The number of ether oxygens (including phenoxy) is 1. The number of fused-ring (bicyclic) bond motifs is 1. The van der Waals surface area contributed by atoms with Crippen molar-refractivity contribution in [1.82, 2.24) is 10.1 Å². The van der Waals surface area contributed by atoms with Crippen LogP contribution in [0.2, 0.25) is 0 Å². The zero-order valence-corrected chi connectivity index (χ0v) is 13.1. The molecular formula is C16H17N3O4. The molecule has 1 aromatic heterocycles. The number of hydrogen-bond acceptors (Lipinski definition) is 6. The molecule has 7 nitrogen and oxygen atoms in total. The van der Waals surface area contributed by atoms with Crippen LogP contribution in [0.5, 0.6) is 0 Å². The molecule has 0 radical (unpaired) electrons. The summed E-state index contributed by atoms with van der Waals surface area (Å²) in [5.41, 5.74) is 1.51. The van der Waals surface area contributed by atoms with Gasteiger partial charge in [-0.1, -0.05) is 23.4 Å². The normalized spacial score (nSPS) is 18.5. The zero-order valence-electron chi connectivity index (χ0n) is 13.1. The Morgan fingerprint density at radius 3 is 2.87 bits per heavy atom. The van der Waals surface area contributed by atoms with Crippen LogP contribution in [0.25, 0.3) is 0 Å². The predicted octanol–water partition coefficient (Wildman–Crippen LogP) is 2.13. The van der Waals surface area contributed by atoms with E-state index < -0.39 is 18.0 Å². The number of aromatic nitrogens is 2. The number of benzene rings is 1. The second-order valence-electron chi connectivity index (χ2n) is 5.53. The van der Waals surface area contributed by atoms with Crippen molar-refractivity contribution >= 4 is 17.6 Å². The van der Waals surface area contributed by atoms with Crippen LogP contribution in [0.1, 0.15) is 42.6 Å². The van der Waals surface area contributed by atoms with Gasteiger partial charge in [0, 0.05) is 19.2 Å². The summed E-state index contributed by atoms with van der Waals surface area (Å²) in [6.45, 7) is 3.35. The van der Waals surface area contributed by atoms with E-state index >= 15 is 0 Å². The van der Waals surface area contributed by atoms with E-state index in [0.29, 0.717) is 5.82 Å². The second kappa shape index (κ2) is 5.83. The van der Waals surface area contributed by atoms with Gasteiger partial charge in [-0.15, -0.1) is 0 Å². The Morgan fingerprint density at radius 2 is 2.17 bits per heavy atom. The van der Waals surface area contributed by atoms with Gasteiger partial charge in [-0.2, -0.15) is 4.98 Å². The lowest BCUT2D eigenvalue weighted by Gasteiger charge is -2.30. The third-order valence-corrected chi connectivity index (χ3v) is 3.89. The topological polar surface area (TPSA) is 85.5 Å². The van der Waals surface area contributed by atoms with Gasteiger partial charge >= 0.3 is 5.97 Å². The van der Waals surface area contributed by atoms with Gasteiger partial charge in [-0.25, -0.2) is 0 Å². The van der Waals surface area contributed by atoms with Crippen molar-refractivity contribution in [2.75, 3.05) is 11.9 Å². The first-order valence-electron chi connectivity index (χ1n) is 7.33. The Labute approximate surface area is 133 Å². The third-order valence-electron chi connectivity index (χ3n) is 3.89. The number of para-hydroxylation sites is 1. The van der Waals surface area contributed by atoms with E-state index in [2.05, 4.69) is 10.1 Å². The third kappa shape index (κ3) is 2.81. The first-order chi connectivity index (χ1) is 11.0. The minimum atomic E-state index is -0.661. The molecule has 7 heteroatoms. The van der Waals surface area contributed by atoms with Crippen LogP contribution in [0.3, 0.4) is 0 Å². The molecule has 0 N–H and O–H groups in total. The molecular weight excluding hydrogens is 298 g/mol. The van der Waals surface area contributed by atoms with Crippen molar-refractivity contribution in [3.05, 3.63) is 41.5 Å². The van der Waals surface area contributed by atoms with E-state index in [-0.39, 0.29) is 18.2 Å². The van der Waals surface area contributed by atoms with E-state index in [9.17, 15) is 9.59 Å². The SMILES string of the molecule is Cc1noc([C@H](C)OC(=O)[C@@H]2CC(=O)N(C)c3ccccc32)n1. The molecule has 1 amide bonds. The number of esters is 1. The number of carbonyl (C=O) groups excluding carboxylic acids is 2. The van der Waals surface area contributed by atoms with Crippen LogP contribution in [-0.4, -0.2) is 29.1 Å². The van der Waals surface area contributed by atoms with Crippen molar-refractivity contribution in [3.8, 4) is 0 Å². The highest BCUT2D eigenvalue weighted by atomic mass is 16.6. The number of aryl methyl sites for hydroxylation is 1. The lowest BCUT2D eigenvalue weighted by molar-refractivity contribution is -0.153. The molecule has 0 spiro atoms. The molecule has 2 atom stereocenters. The Balaban J connectivity index is 1.82. The van der Waals surface area contributed by atoms with Crippen LogP contribution in [0, 0.1) is 6.92 Å². The molecule has 120 valence electrons. The van der Waals surface area contributed by atoms with E-state index in [1.807, 2.05) is 24.3 Å². The van der Waals surface area contributed by atoms with Crippen molar-refractivity contribution in [1.29, 1.82) is 0 Å². The summed E-state index contributed by atoms with van der Waals surface area (Å²) in [4.78, 5) is 30.2. The van der Waals surface area contributed by atoms with Gasteiger partial charge in [0.25, 0.3) is 5.89 Å². The average Bonchev–Trinajstić information content (AvgIpc) is 2.97. The first-order valence-corrected chi connectivity index (χ1v) is 7.33. The fourth-order valence-electron chi connectivity index (χ4n) is 2.64. The van der Waals surface area contributed by atoms with Crippen LogP contribution < -0.4 is 4.90 Å². The Kier molecular flexibility index (Phi) is 3.85. The van der Waals surface area contributed by atoms with Crippen LogP contribution in [0.15, 0.2) is 28.8 Å². The summed E-state index contributed by atoms with van der Waals surface area (Å²) in [7, 11) is 1.70. The molecule has 0 saturated carbocycles. The quantitative estimate of drug-likeness (QED) is 0.807. The summed E-state index contributed by atoms with van der Waals surface area (Å²) >= 11 is 0. The number of nitrogens with zero attached hydrogens (tertiary/aromatic N) is 3. The fraction of sp³-hybridized carbons (Fsp3) is 0.375. The van der Waals surface area contributed by atoms with Crippen molar-refractivity contribution in [2.24, 2.45) is 0 Å². The summed E-state index contributed by atoms with van der Waals surface area (Å²) < 4.78 is 10.4. The molecule has 2 aromatic rings. The lowest BCUT2D eigenvalue weighted by Crippen LogP contribution is -2.36. The molecule has 1 aliphatic heterocycles. The number of amides is 1. The highest BCUT2D eigenvalue weighted by Crippen LogP contribution is 2.36. The molecule has 1 aromatic carbocycles. The van der Waals surface area contributed by atoms with Gasteiger partial charge in [0.2, 0.25) is 5.91 Å². The molecule has 1 aliphatic rings. The summed E-state index contributed by atoms with van der Waals surface area (Å²) in [6.07, 6.45) is -0.576. The monoisotopic (exact) mass is 315 g/mol. The number of hydrogen-bond donors (Lipinski definition) is 0. The highest BCUT2D eigenvalue weighted by Gasteiger charge is 2.35. The van der Waals surface area contributed by atoms with E-state index in [0.717, 1.165) is 11.3 Å². The van der Waals surface area contributed by atoms with Crippen molar-refractivity contribution in [2.45, 2.75) is 32.3 Å². The maximum Gasteiger partial charge on any atom is 0.314 e. The van der Waals surface area contributed by atoms with E-state index in [1.54, 1.807) is 25.8 Å². The van der Waals surface area contributed by atoms with Gasteiger partial charge in [0.1, 0.15) is 0 Å². The Morgan fingerprint density at radius 1 is 1.43 bits per heavy atom. The van der Waals surface area contributed by atoms with E-state index in [1.165, 1.54) is 0 Å². The second-order valence-corrected chi connectivity index (χ2v) is 5.53. The summed E-state index contributed by atoms with van der Waals surface area (Å²) in [5.74, 6) is -0.498. The molecule has 0 unspecified atom stereocenters. The molecule has 0 aliphatic carbocycles. The van der Waals surface area contributed by atoms with Crippen LogP contribution >= 0.6 is 0 Å². The summed E-state index contributed by atoms with van der Waals surface area (Å²) in [5, 5.41) is 3.68. The van der Waals surface area contributed by atoms with Gasteiger partial charge in [0.05, 0.1) is 5.92 Å². The van der Waals surface area contributed by atoms with Crippen molar-refractivity contribution < 1.29 is 18.8 Å². The zero-order chi connectivity index (χ0) is 16.6. The molecule has 3 rings (SSSR count). The van der Waals surface area contributed by atoms with Crippen LogP contribution in [-0.2, 0) is 14.3 Å². The molecule has 0 bridgehead atoms. The van der Waals surface area contributed by atoms with E-state index in [4.69, 9.17) is 9.26 Å². The van der Waals surface area contributed by atoms with Gasteiger partial charge in [-0.3, -0.25) is 9.59 Å². The summed E-state index contributed by atoms with van der Waals surface area (Å²) in [6, 6.07) is 7.33. The highest BCUT2D eigenvalue weighted by molar-refractivity contribution is 6.01. The number of anilines is 1. The van der Waals surface area contributed by atoms with Gasteiger partial charge < -0.3 is 14.2 Å². The molecule has 0 fully saturated rings. The Hall–Kier alpha value is -2.70. The largest absolute Gasteiger partial charge is 0.452 e. The van der Waals surface area contributed by atoms with Gasteiger partial charge in [-0.05, 0) is 25.5 Å². The van der Waals surface area contributed by atoms with Crippen molar-refractivity contribution in [3.63, 3.8) is 0 Å². The molecule has 23 heavy (non-hydrogen) atoms. The standard InChI is InChI=1S/C16H17N3O4/c1-9(15-17-10(2)18-23-15)22-16(21)12-8-14(20)19(3)13-7-5-4-6-11(12)13/h4-7,9,12H,8H2,1-3H3/t9-,12+/m0/s1. The lowest BCUT2D eigenvalue weighted by atomic mass is 9.89. The van der Waals surface area contributed by atoms with Gasteiger partial charge in [0.15, 0.2) is 11.9 Å². The molecule has 2 heterocycles. The predicted molar refractivity (Wildman–Crippen MR) is 80.8 cm³/mol. The smallest absolute Gasteiger partial charge is 0.314 e.